The number of nitrogens with zero attached hydrogens (tertiary/aromatic N) is 3. The van der Waals surface area contributed by atoms with Crippen molar-refractivity contribution in [3.63, 3.8) is 0 Å². The molecule has 0 bridgehead atoms. The Balaban J connectivity index is 1.52. The number of guanidine groups is 1. The topological polar surface area (TPSA) is 63.5 Å². The van der Waals surface area contributed by atoms with Gasteiger partial charge in [-0.05, 0) is 24.6 Å². The summed E-state index contributed by atoms with van der Waals surface area (Å²) in [5.41, 5.74) is 1.24. The summed E-state index contributed by atoms with van der Waals surface area (Å²) in [5, 5.41) is 6.56. The fourth-order valence-electron chi connectivity index (χ4n) is 2.76. The molecule has 0 amide bonds. The van der Waals surface area contributed by atoms with Crippen LogP contribution in [0.3, 0.4) is 0 Å². The molecule has 0 aliphatic rings. The van der Waals surface area contributed by atoms with E-state index in [1.807, 2.05) is 55.7 Å². The maximum atomic E-state index is 5.71. The van der Waals surface area contributed by atoms with E-state index in [9.17, 15) is 0 Å². The number of imidazole rings is 1. The zero-order valence-corrected chi connectivity index (χ0v) is 16.2. The van der Waals surface area contributed by atoms with Crippen LogP contribution in [0, 0.1) is 0 Å². The molecule has 2 N–H and O–H groups in total. The summed E-state index contributed by atoms with van der Waals surface area (Å²) in [6.07, 6.45) is 3.81. The van der Waals surface area contributed by atoms with Gasteiger partial charge in [0.05, 0.1) is 6.54 Å². The van der Waals surface area contributed by atoms with E-state index in [2.05, 4.69) is 49.4 Å². The number of aliphatic imine (C=N–C) groups is 1. The second-order valence-electron chi connectivity index (χ2n) is 6.24. The van der Waals surface area contributed by atoms with Gasteiger partial charge < -0.3 is 19.9 Å². The molecule has 0 aliphatic carbocycles. The zero-order valence-electron chi connectivity index (χ0n) is 16.2. The van der Waals surface area contributed by atoms with Crippen LogP contribution in [0.15, 0.2) is 78.0 Å². The third kappa shape index (κ3) is 6.16. The Morgan fingerprint density at radius 1 is 1.04 bits per heavy atom. The second kappa shape index (κ2) is 10.8. The summed E-state index contributed by atoms with van der Waals surface area (Å²) in [5.74, 6) is 2.56. The highest BCUT2D eigenvalue weighted by Crippen LogP contribution is 2.08. The van der Waals surface area contributed by atoms with E-state index in [1.54, 1.807) is 0 Å². The molecule has 0 atom stereocenters. The smallest absolute Gasteiger partial charge is 0.191 e. The number of benzene rings is 2. The fourth-order valence-corrected chi connectivity index (χ4v) is 2.76. The van der Waals surface area contributed by atoms with E-state index in [-0.39, 0.29) is 0 Å². The molecule has 0 saturated heterocycles. The molecule has 28 heavy (non-hydrogen) atoms. The largest absolute Gasteiger partial charge is 0.492 e. The molecule has 0 spiro atoms. The summed E-state index contributed by atoms with van der Waals surface area (Å²) in [4.78, 5) is 9.11. The van der Waals surface area contributed by atoms with Gasteiger partial charge in [-0.25, -0.2) is 9.98 Å². The van der Waals surface area contributed by atoms with Crippen molar-refractivity contribution in [1.29, 1.82) is 0 Å². The Hall–Kier alpha value is -3.28. The van der Waals surface area contributed by atoms with Crippen molar-refractivity contribution < 1.29 is 4.74 Å². The monoisotopic (exact) mass is 377 g/mol. The van der Waals surface area contributed by atoms with Crippen molar-refractivity contribution in [3.8, 4) is 5.75 Å². The molecule has 0 unspecified atom stereocenters. The molecule has 0 saturated carbocycles. The highest BCUT2D eigenvalue weighted by atomic mass is 16.5. The lowest BCUT2D eigenvalue weighted by Gasteiger charge is -2.12. The molecular weight excluding hydrogens is 350 g/mol. The summed E-state index contributed by atoms with van der Waals surface area (Å²) in [6.45, 7) is 5.38. The van der Waals surface area contributed by atoms with Gasteiger partial charge in [-0.2, -0.15) is 0 Å². The number of rotatable bonds is 9. The van der Waals surface area contributed by atoms with E-state index in [4.69, 9.17) is 4.74 Å². The summed E-state index contributed by atoms with van der Waals surface area (Å²) < 4.78 is 7.83. The highest BCUT2D eigenvalue weighted by molar-refractivity contribution is 5.79. The molecule has 1 aromatic heterocycles. The molecule has 0 radical (unpaired) electrons. The van der Waals surface area contributed by atoms with Crippen molar-refractivity contribution in [2.24, 2.45) is 4.99 Å². The molecule has 0 fully saturated rings. The molecule has 146 valence electrons. The number of ether oxygens (including phenoxy) is 1. The van der Waals surface area contributed by atoms with Gasteiger partial charge in [0.25, 0.3) is 0 Å². The molecule has 1 heterocycles. The Morgan fingerprint density at radius 2 is 1.79 bits per heavy atom. The normalized spacial score (nSPS) is 11.2. The molecular formula is C22H27N5O. The lowest BCUT2D eigenvalue weighted by atomic mass is 10.2. The van der Waals surface area contributed by atoms with E-state index in [0.717, 1.165) is 30.6 Å². The molecule has 3 rings (SSSR count). The Morgan fingerprint density at radius 3 is 2.54 bits per heavy atom. The van der Waals surface area contributed by atoms with Crippen molar-refractivity contribution in [3.05, 3.63) is 84.4 Å². The summed E-state index contributed by atoms with van der Waals surface area (Å²) in [7, 11) is 0. The SMILES string of the molecule is CCNC(=NCc1nccn1Cc1ccccc1)NCCOc1ccccc1. The van der Waals surface area contributed by atoms with E-state index >= 15 is 0 Å². The van der Waals surface area contributed by atoms with Gasteiger partial charge in [0.15, 0.2) is 5.96 Å². The molecule has 6 heteroatoms. The minimum absolute atomic E-state index is 0.509. The summed E-state index contributed by atoms with van der Waals surface area (Å²) in [6, 6.07) is 20.2. The van der Waals surface area contributed by atoms with Gasteiger partial charge in [0.1, 0.15) is 24.7 Å². The van der Waals surface area contributed by atoms with E-state index < -0.39 is 0 Å². The Bertz CT molecular complexity index is 846. The van der Waals surface area contributed by atoms with Crippen molar-refractivity contribution >= 4 is 5.96 Å². The minimum Gasteiger partial charge on any atom is -0.492 e. The predicted octanol–water partition coefficient (Wildman–Crippen LogP) is 3.07. The van der Waals surface area contributed by atoms with Crippen LogP contribution < -0.4 is 15.4 Å². The average Bonchev–Trinajstić information content (AvgIpc) is 3.17. The number of para-hydroxylation sites is 1. The van der Waals surface area contributed by atoms with Crippen LogP contribution in [-0.4, -0.2) is 35.2 Å². The first kappa shape index (κ1) is 19.5. The maximum absolute atomic E-state index is 5.71. The third-order valence-corrected chi connectivity index (χ3v) is 4.13. The second-order valence-corrected chi connectivity index (χ2v) is 6.24. The van der Waals surface area contributed by atoms with Gasteiger partial charge in [-0.3, -0.25) is 0 Å². The summed E-state index contributed by atoms with van der Waals surface area (Å²) >= 11 is 0. The first-order valence-electron chi connectivity index (χ1n) is 9.59. The minimum atomic E-state index is 0.509. The predicted molar refractivity (Wildman–Crippen MR) is 113 cm³/mol. The lowest BCUT2D eigenvalue weighted by Crippen LogP contribution is -2.39. The standard InChI is InChI=1S/C22H27N5O/c1-2-23-22(25-14-16-28-20-11-7-4-8-12-20)26-17-21-24-13-15-27(21)18-19-9-5-3-6-10-19/h3-13,15H,2,14,16-18H2,1H3,(H2,23,25,26). The first-order valence-corrected chi connectivity index (χ1v) is 9.59. The average molecular weight is 377 g/mol. The lowest BCUT2D eigenvalue weighted by molar-refractivity contribution is 0.322. The Labute approximate surface area is 166 Å². The van der Waals surface area contributed by atoms with Crippen LogP contribution in [0.4, 0.5) is 0 Å². The van der Waals surface area contributed by atoms with Crippen LogP contribution in [0.1, 0.15) is 18.3 Å². The van der Waals surface area contributed by atoms with E-state index in [1.165, 1.54) is 5.56 Å². The first-order chi connectivity index (χ1) is 13.8. The van der Waals surface area contributed by atoms with Crippen LogP contribution in [0.5, 0.6) is 5.75 Å². The van der Waals surface area contributed by atoms with Crippen molar-refractivity contribution in [2.75, 3.05) is 19.7 Å². The molecule has 2 aromatic carbocycles. The van der Waals surface area contributed by atoms with Crippen molar-refractivity contribution in [2.45, 2.75) is 20.0 Å². The third-order valence-electron chi connectivity index (χ3n) is 4.13. The Kier molecular flexibility index (Phi) is 7.49. The van der Waals surface area contributed by atoms with Gasteiger partial charge >= 0.3 is 0 Å². The van der Waals surface area contributed by atoms with Gasteiger partial charge in [0, 0.05) is 25.5 Å². The van der Waals surface area contributed by atoms with Gasteiger partial charge in [0.2, 0.25) is 0 Å². The van der Waals surface area contributed by atoms with Crippen LogP contribution in [0.25, 0.3) is 0 Å². The maximum Gasteiger partial charge on any atom is 0.191 e. The highest BCUT2D eigenvalue weighted by Gasteiger charge is 2.04. The van der Waals surface area contributed by atoms with Crippen LogP contribution >= 0.6 is 0 Å². The quantitative estimate of drug-likeness (QED) is 0.342. The van der Waals surface area contributed by atoms with Gasteiger partial charge in [-0.1, -0.05) is 48.5 Å². The molecule has 0 aliphatic heterocycles. The zero-order chi connectivity index (χ0) is 19.4. The number of nitrogens with one attached hydrogen (secondary N) is 2. The van der Waals surface area contributed by atoms with Gasteiger partial charge in [-0.15, -0.1) is 0 Å². The fraction of sp³-hybridized carbons (Fsp3) is 0.273. The van der Waals surface area contributed by atoms with E-state index in [0.29, 0.717) is 19.7 Å². The number of hydrogen-bond acceptors (Lipinski definition) is 3. The number of hydrogen-bond donors (Lipinski definition) is 2. The molecule has 6 nitrogen and oxygen atoms in total. The van der Waals surface area contributed by atoms with Crippen LogP contribution in [0.2, 0.25) is 0 Å². The molecule has 3 aromatic rings. The van der Waals surface area contributed by atoms with Crippen molar-refractivity contribution in [1.82, 2.24) is 20.2 Å². The number of aromatic nitrogens is 2. The van der Waals surface area contributed by atoms with Crippen LogP contribution in [-0.2, 0) is 13.1 Å².